The molecular formula is C13H22O. The quantitative estimate of drug-likeness (QED) is 0.764. The maximum atomic E-state index is 7.88. The lowest BCUT2D eigenvalue weighted by Gasteiger charge is -2.03. The fraction of sp³-hybridized carbons (Fsp3) is 0.538. The lowest BCUT2D eigenvalue weighted by molar-refractivity contribution is 0.295. The van der Waals surface area contributed by atoms with E-state index in [4.69, 9.17) is 5.11 Å². The van der Waals surface area contributed by atoms with Gasteiger partial charge in [0.1, 0.15) is 0 Å². The van der Waals surface area contributed by atoms with E-state index in [1.807, 2.05) is 6.92 Å². The second-order valence-corrected chi connectivity index (χ2v) is 3.79. The van der Waals surface area contributed by atoms with Gasteiger partial charge in [0.25, 0.3) is 0 Å². The average Bonchev–Trinajstić information content (AvgIpc) is 2.19. The van der Waals surface area contributed by atoms with Crippen molar-refractivity contribution >= 4 is 0 Å². The molecule has 1 nitrogen and oxygen atoms in total. The molecule has 0 aliphatic heterocycles. The summed E-state index contributed by atoms with van der Waals surface area (Å²) in [7, 11) is 0. The van der Waals surface area contributed by atoms with Crippen LogP contribution in [0.2, 0.25) is 0 Å². The first kappa shape index (κ1) is 13.2. The smallest absolute Gasteiger partial charge is 0.0428 e. The first-order chi connectivity index (χ1) is 6.61. The Labute approximate surface area is 87.8 Å². The fourth-order valence-corrected chi connectivity index (χ4v) is 0.951. The third kappa shape index (κ3) is 5.76. The van der Waals surface area contributed by atoms with E-state index in [0.29, 0.717) is 12.5 Å². The summed E-state index contributed by atoms with van der Waals surface area (Å²) >= 11 is 0. The van der Waals surface area contributed by atoms with E-state index in [9.17, 15) is 0 Å². The van der Waals surface area contributed by atoms with Gasteiger partial charge in [-0.25, -0.2) is 0 Å². The van der Waals surface area contributed by atoms with Crippen LogP contribution in [0.5, 0.6) is 0 Å². The molecule has 0 saturated heterocycles. The Hall–Kier alpha value is -0.820. The molecule has 1 N–H and O–H groups in total. The van der Waals surface area contributed by atoms with E-state index in [-0.39, 0.29) is 0 Å². The number of hydrogen-bond acceptors (Lipinski definition) is 1. The second-order valence-electron chi connectivity index (χ2n) is 3.79. The minimum absolute atomic E-state index is 0.319. The van der Waals surface area contributed by atoms with Gasteiger partial charge in [-0.3, -0.25) is 0 Å². The molecule has 0 aliphatic rings. The predicted molar refractivity (Wildman–Crippen MR) is 62.6 cm³/mol. The normalized spacial score (nSPS) is 9.57. The van der Waals surface area contributed by atoms with Crippen molar-refractivity contribution in [2.24, 2.45) is 0 Å². The lowest BCUT2D eigenvalue weighted by atomic mass is 10.0. The van der Waals surface area contributed by atoms with Crippen molar-refractivity contribution in [1.29, 1.82) is 0 Å². The number of rotatable bonds is 2. The van der Waals surface area contributed by atoms with Crippen LogP contribution in [-0.2, 0) is 0 Å². The van der Waals surface area contributed by atoms with Gasteiger partial charge in [-0.1, -0.05) is 50.6 Å². The number of aryl methyl sites for hydroxylation is 1. The van der Waals surface area contributed by atoms with Crippen LogP contribution in [0.3, 0.4) is 0 Å². The van der Waals surface area contributed by atoms with Gasteiger partial charge in [0.2, 0.25) is 0 Å². The summed E-state index contributed by atoms with van der Waals surface area (Å²) in [6, 6.07) is 8.71. The highest BCUT2D eigenvalue weighted by Crippen LogP contribution is 2.13. The maximum absolute atomic E-state index is 7.88. The van der Waals surface area contributed by atoms with Crippen molar-refractivity contribution in [2.75, 3.05) is 6.61 Å². The summed E-state index contributed by atoms with van der Waals surface area (Å²) in [6.45, 7) is 8.79. The van der Waals surface area contributed by atoms with Crippen molar-refractivity contribution in [3.63, 3.8) is 0 Å². The summed E-state index contributed by atoms with van der Waals surface area (Å²) in [5.41, 5.74) is 2.76. The monoisotopic (exact) mass is 194 g/mol. The molecule has 0 aromatic heterocycles. The minimum atomic E-state index is 0.319. The Morgan fingerprint density at radius 1 is 1.14 bits per heavy atom. The molecule has 14 heavy (non-hydrogen) atoms. The first-order valence-corrected chi connectivity index (χ1v) is 5.29. The topological polar surface area (TPSA) is 20.2 Å². The molecule has 0 heterocycles. The number of aliphatic hydroxyl groups is 1. The Morgan fingerprint density at radius 2 is 1.57 bits per heavy atom. The van der Waals surface area contributed by atoms with Gasteiger partial charge in [0.15, 0.2) is 0 Å². The van der Waals surface area contributed by atoms with Crippen LogP contribution in [0.25, 0.3) is 0 Å². The van der Waals surface area contributed by atoms with Gasteiger partial charge in [0.05, 0.1) is 0 Å². The molecule has 0 atom stereocenters. The zero-order valence-corrected chi connectivity index (χ0v) is 9.75. The van der Waals surface area contributed by atoms with Gasteiger partial charge in [0, 0.05) is 6.61 Å². The molecule has 1 aromatic carbocycles. The minimum Gasteiger partial charge on any atom is -0.396 e. The molecule has 0 aliphatic carbocycles. The second kappa shape index (κ2) is 7.57. The third-order valence-electron chi connectivity index (χ3n) is 1.97. The number of hydrogen-bond donors (Lipinski definition) is 1. The highest BCUT2D eigenvalue weighted by molar-refractivity contribution is 5.23. The summed E-state index contributed by atoms with van der Waals surface area (Å²) in [6.07, 6.45) is 0.875. The largest absolute Gasteiger partial charge is 0.396 e. The van der Waals surface area contributed by atoms with Gasteiger partial charge in [-0.2, -0.15) is 0 Å². The molecule has 0 spiro atoms. The molecule has 0 bridgehead atoms. The Morgan fingerprint density at radius 3 is 1.86 bits per heavy atom. The van der Waals surface area contributed by atoms with Crippen LogP contribution < -0.4 is 0 Å². The molecule has 80 valence electrons. The number of aliphatic hydroxyl groups excluding tert-OH is 1. The van der Waals surface area contributed by atoms with Crippen molar-refractivity contribution in [1.82, 2.24) is 0 Å². The average molecular weight is 194 g/mol. The lowest BCUT2D eigenvalue weighted by Crippen LogP contribution is -1.85. The van der Waals surface area contributed by atoms with Crippen molar-refractivity contribution in [3.05, 3.63) is 35.4 Å². The van der Waals surface area contributed by atoms with Gasteiger partial charge >= 0.3 is 0 Å². The van der Waals surface area contributed by atoms with E-state index < -0.39 is 0 Å². The molecule has 0 fully saturated rings. The maximum Gasteiger partial charge on any atom is 0.0428 e. The zero-order valence-electron chi connectivity index (χ0n) is 9.75. The molecule has 0 unspecified atom stereocenters. The van der Waals surface area contributed by atoms with E-state index in [2.05, 4.69) is 45.0 Å². The van der Waals surface area contributed by atoms with Crippen LogP contribution in [0.15, 0.2) is 24.3 Å². The summed E-state index contributed by atoms with van der Waals surface area (Å²) in [5.74, 6) is 0.653. The fourth-order valence-electron chi connectivity index (χ4n) is 0.951. The molecule has 1 rings (SSSR count). The zero-order chi connectivity index (χ0) is 11.0. The summed E-state index contributed by atoms with van der Waals surface area (Å²) in [5, 5.41) is 7.88. The van der Waals surface area contributed by atoms with Gasteiger partial charge < -0.3 is 5.11 Å². The van der Waals surface area contributed by atoms with E-state index >= 15 is 0 Å². The third-order valence-corrected chi connectivity index (χ3v) is 1.97. The number of benzene rings is 1. The molecule has 0 radical (unpaired) electrons. The molecule has 1 aromatic rings. The molecule has 0 amide bonds. The highest BCUT2D eigenvalue weighted by atomic mass is 16.2. The van der Waals surface area contributed by atoms with Crippen LogP contribution >= 0.6 is 0 Å². The van der Waals surface area contributed by atoms with Crippen LogP contribution in [-0.4, -0.2) is 11.7 Å². The summed E-state index contributed by atoms with van der Waals surface area (Å²) < 4.78 is 0. The molecule has 1 heteroatoms. The van der Waals surface area contributed by atoms with Crippen LogP contribution in [0, 0.1) is 6.92 Å². The standard InChI is InChI=1S/C10H14.C3H8O/c1-8(2)10-6-4-9(3)5-7-10;1-2-3-4/h4-8H,1-3H3;4H,2-3H2,1H3. The van der Waals surface area contributed by atoms with Gasteiger partial charge in [-0.15, -0.1) is 0 Å². The van der Waals surface area contributed by atoms with Crippen LogP contribution in [0.4, 0.5) is 0 Å². The van der Waals surface area contributed by atoms with Gasteiger partial charge in [-0.05, 0) is 24.8 Å². The Balaban J connectivity index is 0.000000364. The first-order valence-electron chi connectivity index (χ1n) is 5.29. The van der Waals surface area contributed by atoms with E-state index in [1.165, 1.54) is 11.1 Å². The van der Waals surface area contributed by atoms with Crippen molar-refractivity contribution < 1.29 is 5.11 Å². The van der Waals surface area contributed by atoms with Crippen molar-refractivity contribution in [3.8, 4) is 0 Å². The SMILES string of the molecule is CCCO.Cc1ccc(C(C)C)cc1. The molecular weight excluding hydrogens is 172 g/mol. The van der Waals surface area contributed by atoms with Crippen LogP contribution in [0.1, 0.15) is 44.2 Å². The van der Waals surface area contributed by atoms with E-state index in [0.717, 1.165) is 6.42 Å². The Bertz CT molecular complexity index is 221. The Kier molecular flexibility index (Phi) is 7.13. The van der Waals surface area contributed by atoms with E-state index in [1.54, 1.807) is 0 Å². The highest BCUT2D eigenvalue weighted by Gasteiger charge is 1.95. The van der Waals surface area contributed by atoms with Crippen molar-refractivity contribution in [2.45, 2.75) is 40.0 Å². The predicted octanol–water partition coefficient (Wildman–Crippen LogP) is 3.51. The molecule has 0 saturated carbocycles. The summed E-state index contributed by atoms with van der Waals surface area (Å²) in [4.78, 5) is 0.